The SMILES string of the molecule is CC(Cc1cccc(F)c1)C(=O)OCC(=O)N1CCC2(CC1)OCCO2. The molecule has 2 aliphatic heterocycles. The van der Waals surface area contributed by atoms with E-state index in [1.807, 2.05) is 0 Å². The number of hydrogen-bond acceptors (Lipinski definition) is 5. The lowest BCUT2D eigenvalue weighted by atomic mass is 10.0. The van der Waals surface area contributed by atoms with E-state index in [1.54, 1.807) is 24.0 Å². The zero-order valence-electron chi connectivity index (χ0n) is 14.9. The van der Waals surface area contributed by atoms with Gasteiger partial charge in [0.1, 0.15) is 5.82 Å². The summed E-state index contributed by atoms with van der Waals surface area (Å²) in [6.45, 7) is 3.66. The predicted octanol–water partition coefficient (Wildman–Crippen LogP) is 1.91. The number of carbonyl (C=O) groups is 2. The molecule has 1 aromatic carbocycles. The summed E-state index contributed by atoms with van der Waals surface area (Å²) < 4.78 is 29.6. The number of rotatable bonds is 5. The molecule has 0 saturated carbocycles. The number of carbonyl (C=O) groups excluding carboxylic acids is 2. The molecule has 1 aromatic rings. The van der Waals surface area contributed by atoms with Crippen molar-refractivity contribution in [3.63, 3.8) is 0 Å². The molecule has 26 heavy (non-hydrogen) atoms. The van der Waals surface area contributed by atoms with Crippen molar-refractivity contribution in [2.24, 2.45) is 5.92 Å². The van der Waals surface area contributed by atoms with E-state index in [1.165, 1.54) is 12.1 Å². The highest BCUT2D eigenvalue weighted by molar-refractivity contribution is 5.81. The number of esters is 1. The fraction of sp³-hybridized carbons (Fsp3) is 0.579. The predicted molar refractivity (Wildman–Crippen MR) is 90.7 cm³/mol. The number of ether oxygens (including phenoxy) is 3. The van der Waals surface area contributed by atoms with Crippen LogP contribution in [0.1, 0.15) is 25.3 Å². The van der Waals surface area contributed by atoms with Crippen molar-refractivity contribution < 1.29 is 28.2 Å². The van der Waals surface area contributed by atoms with Gasteiger partial charge in [0.05, 0.1) is 19.1 Å². The van der Waals surface area contributed by atoms with Gasteiger partial charge in [-0.2, -0.15) is 0 Å². The van der Waals surface area contributed by atoms with Crippen molar-refractivity contribution in [3.8, 4) is 0 Å². The average molecular weight is 365 g/mol. The second-order valence-corrected chi connectivity index (χ2v) is 6.83. The Morgan fingerprint density at radius 2 is 1.96 bits per heavy atom. The van der Waals surface area contributed by atoms with Gasteiger partial charge in [-0.05, 0) is 24.1 Å². The van der Waals surface area contributed by atoms with Crippen LogP contribution in [0.15, 0.2) is 24.3 Å². The Morgan fingerprint density at radius 1 is 1.27 bits per heavy atom. The summed E-state index contributed by atoms with van der Waals surface area (Å²) >= 11 is 0. The van der Waals surface area contributed by atoms with Crippen LogP contribution in [0.4, 0.5) is 4.39 Å². The minimum atomic E-state index is -0.535. The van der Waals surface area contributed by atoms with Gasteiger partial charge in [0.25, 0.3) is 5.91 Å². The normalized spacial score (nSPS) is 20.2. The minimum Gasteiger partial charge on any atom is -0.455 e. The number of halogens is 1. The van der Waals surface area contributed by atoms with Crippen LogP contribution in [0.5, 0.6) is 0 Å². The van der Waals surface area contributed by atoms with Gasteiger partial charge in [-0.25, -0.2) is 4.39 Å². The largest absolute Gasteiger partial charge is 0.455 e. The Bertz CT molecular complexity index is 649. The van der Waals surface area contributed by atoms with E-state index in [-0.39, 0.29) is 18.3 Å². The van der Waals surface area contributed by atoms with Crippen LogP contribution < -0.4 is 0 Å². The van der Waals surface area contributed by atoms with E-state index < -0.39 is 17.7 Å². The monoisotopic (exact) mass is 365 g/mol. The maximum Gasteiger partial charge on any atom is 0.309 e. The lowest BCUT2D eigenvalue weighted by molar-refractivity contribution is -0.189. The van der Waals surface area contributed by atoms with Crippen molar-refractivity contribution in [2.75, 3.05) is 32.9 Å². The molecule has 3 rings (SSSR count). The molecular weight excluding hydrogens is 341 g/mol. The molecule has 0 aromatic heterocycles. The Labute approximate surface area is 152 Å². The van der Waals surface area contributed by atoms with Gasteiger partial charge in [0, 0.05) is 25.9 Å². The van der Waals surface area contributed by atoms with Crippen molar-refractivity contribution in [1.82, 2.24) is 4.90 Å². The third-order valence-corrected chi connectivity index (χ3v) is 4.86. The van der Waals surface area contributed by atoms with Gasteiger partial charge in [-0.1, -0.05) is 19.1 Å². The maximum atomic E-state index is 13.2. The Hall–Kier alpha value is -1.99. The van der Waals surface area contributed by atoms with Crippen molar-refractivity contribution in [3.05, 3.63) is 35.6 Å². The third-order valence-electron chi connectivity index (χ3n) is 4.86. The molecule has 0 bridgehead atoms. The topological polar surface area (TPSA) is 65.1 Å². The summed E-state index contributed by atoms with van der Waals surface area (Å²) in [5, 5.41) is 0. The lowest BCUT2D eigenvalue weighted by Gasteiger charge is -2.37. The van der Waals surface area contributed by atoms with Crippen molar-refractivity contribution >= 4 is 11.9 Å². The van der Waals surface area contributed by atoms with E-state index in [0.717, 1.165) is 5.56 Å². The van der Waals surface area contributed by atoms with Crippen LogP contribution in [0.3, 0.4) is 0 Å². The molecule has 6 nitrogen and oxygen atoms in total. The van der Waals surface area contributed by atoms with Gasteiger partial charge >= 0.3 is 5.97 Å². The standard InChI is InChI=1S/C19H24FNO5/c1-14(11-15-3-2-4-16(20)12-15)18(23)24-13-17(22)21-7-5-19(6-8-21)25-9-10-26-19/h2-4,12,14H,5-11,13H2,1H3. The number of likely N-dealkylation sites (tertiary alicyclic amines) is 1. The van der Waals surface area contributed by atoms with Crippen LogP contribution in [0, 0.1) is 11.7 Å². The lowest BCUT2D eigenvalue weighted by Crippen LogP contribution is -2.48. The van der Waals surface area contributed by atoms with Crippen LogP contribution in [-0.4, -0.2) is 55.5 Å². The summed E-state index contributed by atoms with van der Waals surface area (Å²) in [5.74, 6) is -2.00. The maximum absolute atomic E-state index is 13.2. The molecule has 7 heteroatoms. The fourth-order valence-corrected chi connectivity index (χ4v) is 3.35. The Kier molecular flexibility index (Phi) is 5.88. The van der Waals surface area contributed by atoms with Crippen LogP contribution in [0.2, 0.25) is 0 Å². The minimum absolute atomic E-state index is 0.218. The van der Waals surface area contributed by atoms with Crippen LogP contribution >= 0.6 is 0 Å². The molecule has 1 unspecified atom stereocenters. The summed E-state index contributed by atoms with van der Waals surface area (Å²) in [6.07, 6.45) is 1.62. The molecule has 2 saturated heterocycles. The zero-order valence-corrected chi connectivity index (χ0v) is 14.9. The summed E-state index contributed by atoms with van der Waals surface area (Å²) in [4.78, 5) is 26.0. The molecule has 2 aliphatic rings. The number of piperidine rings is 1. The molecule has 1 atom stereocenters. The Morgan fingerprint density at radius 3 is 2.62 bits per heavy atom. The number of hydrogen-bond donors (Lipinski definition) is 0. The van der Waals surface area contributed by atoms with Gasteiger partial charge < -0.3 is 19.1 Å². The van der Waals surface area contributed by atoms with Gasteiger partial charge in [0.15, 0.2) is 12.4 Å². The highest BCUT2D eigenvalue weighted by atomic mass is 19.1. The van der Waals surface area contributed by atoms with Crippen molar-refractivity contribution in [1.29, 1.82) is 0 Å². The molecule has 0 aliphatic carbocycles. The molecule has 1 amide bonds. The molecule has 0 N–H and O–H groups in total. The van der Waals surface area contributed by atoms with Crippen LogP contribution in [-0.2, 0) is 30.2 Å². The molecule has 2 fully saturated rings. The average Bonchev–Trinajstić information content (AvgIpc) is 3.08. The zero-order chi connectivity index (χ0) is 18.6. The molecule has 2 heterocycles. The highest BCUT2D eigenvalue weighted by Gasteiger charge is 2.40. The number of amides is 1. The summed E-state index contributed by atoms with van der Waals surface area (Å²) in [5.41, 5.74) is 0.721. The first-order valence-corrected chi connectivity index (χ1v) is 8.94. The Balaban J connectivity index is 1.41. The van der Waals surface area contributed by atoms with E-state index in [0.29, 0.717) is 45.6 Å². The van der Waals surface area contributed by atoms with Crippen molar-refractivity contribution in [2.45, 2.75) is 32.0 Å². The third kappa shape index (κ3) is 4.59. The molecule has 0 radical (unpaired) electrons. The molecular formula is C19H24FNO5. The van der Waals surface area contributed by atoms with Gasteiger partial charge in [0.2, 0.25) is 0 Å². The van der Waals surface area contributed by atoms with Gasteiger partial charge in [-0.15, -0.1) is 0 Å². The fourth-order valence-electron chi connectivity index (χ4n) is 3.35. The smallest absolute Gasteiger partial charge is 0.309 e. The number of nitrogens with zero attached hydrogens (tertiary/aromatic N) is 1. The van der Waals surface area contributed by atoms with Gasteiger partial charge in [-0.3, -0.25) is 9.59 Å². The molecule has 142 valence electrons. The first kappa shape index (κ1) is 18.8. The second-order valence-electron chi connectivity index (χ2n) is 6.83. The van der Waals surface area contributed by atoms with E-state index >= 15 is 0 Å². The number of benzene rings is 1. The summed E-state index contributed by atoms with van der Waals surface area (Å²) in [7, 11) is 0. The molecule has 1 spiro atoms. The van der Waals surface area contributed by atoms with E-state index in [2.05, 4.69) is 0 Å². The van der Waals surface area contributed by atoms with Crippen LogP contribution in [0.25, 0.3) is 0 Å². The first-order valence-electron chi connectivity index (χ1n) is 8.94. The summed E-state index contributed by atoms with van der Waals surface area (Å²) in [6, 6.07) is 6.11. The first-order chi connectivity index (χ1) is 12.5. The highest BCUT2D eigenvalue weighted by Crippen LogP contribution is 2.31. The second kappa shape index (κ2) is 8.14. The van der Waals surface area contributed by atoms with E-state index in [4.69, 9.17) is 14.2 Å². The van der Waals surface area contributed by atoms with E-state index in [9.17, 15) is 14.0 Å². The quantitative estimate of drug-likeness (QED) is 0.746.